The van der Waals surface area contributed by atoms with Gasteiger partial charge in [0.15, 0.2) is 5.13 Å². The molecule has 0 atom stereocenters. The van der Waals surface area contributed by atoms with Crippen LogP contribution in [0.5, 0.6) is 0 Å². The Balaban J connectivity index is 1.91. The van der Waals surface area contributed by atoms with E-state index in [4.69, 9.17) is 11.6 Å². The van der Waals surface area contributed by atoms with Gasteiger partial charge in [0.05, 0.1) is 10.2 Å². The molecule has 1 heterocycles. The SMILES string of the molecule is Cc1c(Br)cccc1C(=O)Nc1nc2ccc(Cl)cc2s1. The number of fused-ring (bicyclic) bond motifs is 1. The van der Waals surface area contributed by atoms with Crippen molar-refractivity contribution in [2.45, 2.75) is 6.92 Å². The van der Waals surface area contributed by atoms with Gasteiger partial charge in [0.25, 0.3) is 5.91 Å². The van der Waals surface area contributed by atoms with E-state index < -0.39 is 0 Å². The van der Waals surface area contributed by atoms with Crippen molar-refractivity contribution in [3.8, 4) is 0 Å². The molecule has 1 N–H and O–H groups in total. The zero-order chi connectivity index (χ0) is 15.0. The first kappa shape index (κ1) is 14.5. The maximum atomic E-state index is 12.3. The van der Waals surface area contributed by atoms with Crippen LogP contribution in [0.15, 0.2) is 40.9 Å². The highest BCUT2D eigenvalue weighted by Gasteiger charge is 2.13. The Morgan fingerprint density at radius 3 is 2.95 bits per heavy atom. The molecule has 0 saturated carbocycles. The molecule has 0 aliphatic rings. The predicted octanol–water partition coefficient (Wildman–Crippen LogP) is 5.27. The van der Waals surface area contributed by atoms with Gasteiger partial charge in [0.1, 0.15) is 0 Å². The second kappa shape index (κ2) is 5.75. The van der Waals surface area contributed by atoms with Crippen LogP contribution in [0.25, 0.3) is 10.2 Å². The molecule has 0 bridgehead atoms. The molecule has 1 aromatic heterocycles. The molecule has 106 valence electrons. The summed E-state index contributed by atoms with van der Waals surface area (Å²) in [5.74, 6) is -0.168. The van der Waals surface area contributed by atoms with Gasteiger partial charge >= 0.3 is 0 Å². The highest BCUT2D eigenvalue weighted by molar-refractivity contribution is 9.10. The highest BCUT2D eigenvalue weighted by atomic mass is 79.9. The number of amides is 1. The van der Waals surface area contributed by atoms with Crippen molar-refractivity contribution in [2.75, 3.05) is 5.32 Å². The van der Waals surface area contributed by atoms with Crippen LogP contribution in [0.3, 0.4) is 0 Å². The lowest BCUT2D eigenvalue weighted by Crippen LogP contribution is -2.13. The molecule has 3 aromatic rings. The molecule has 0 unspecified atom stereocenters. The molecule has 0 spiro atoms. The number of rotatable bonds is 2. The van der Waals surface area contributed by atoms with Crippen molar-refractivity contribution in [1.29, 1.82) is 0 Å². The molecule has 0 fully saturated rings. The number of anilines is 1. The molecule has 0 aliphatic carbocycles. The lowest BCUT2D eigenvalue weighted by atomic mass is 10.1. The quantitative estimate of drug-likeness (QED) is 0.657. The van der Waals surface area contributed by atoms with E-state index in [-0.39, 0.29) is 5.91 Å². The van der Waals surface area contributed by atoms with Gasteiger partial charge in [0.2, 0.25) is 0 Å². The van der Waals surface area contributed by atoms with Gasteiger partial charge in [-0.1, -0.05) is 44.9 Å². The smallest absolute Gasteiger partial charge is 0.257 e. The second-order valence-corrected chi connectivity index (χ2v) is 6.82. The van der Waals surface area contributed by atoms with E-state index in [1.165, 1.54) is 11.3 Å². The van der Waals surface area contributed by atoms with Crippen molar-refractivity contribution < 1.29 is 4.79 Å². The zero-order valence-electron chi connectivity index (χ0n) is 11.0. The maximum absolute atomic E-state index is 12.3. The first-order valence-electron chi connectivity index (χ1n) is 6.17. The topological polar surface area (TPSA) is 42.0 Å². The van der Waals surface area contributed by atoms with E-state index in [1.807, 2.05) is 31.2 Å². The Bertz CT molecular complexity index is 847. The number of benzene rings is 2. The van der Waals surface area contributed by atoms with Crippen molar-refractivity contribution in [3.63, 3.8) is 0 Å². The van der Waals surface area contributed by atoms with E-state index >= 15 is 0 Å². The number of carbonyl (C=O) groups excluding carboxylic acids is 1. The summed E-state index contributed by atoms with van der Waals surface area (Å²) in [6, 6.07) is 11.0. The van der Waals surface area contributed by atoms with Crippen LogP contribution < -0.4 is 5.32 Å². The van der Waals surface area contributed by atoms with Gasteiger partial charge in [-0.25, -0.2) is 4.98 Å². The number of nitrogens with zero attached hydrogens (tertiary/aromatic N) is 1. The predicted molar refractivity (Wildman–Crippen MR) is 91.5 cm³/mol. The summed E-state index contributed by atoms with van der Waals surface area (Å²) in [4.78, 5) is 16.7. The summed E-state index contributed by atoms with van der Waals surface area (Å²) in [6.07, 6.45) is 0. The fraction of sp³-hybridized carbons (Fsp3) is 0.0667. The standard InChI is InChI=1S/C15H10BrClN2OS/c1-8-10(3-2-4-11(8)16)14(20)19-15-18-12-6-5-9(17)7-13(12)21-15/h2-7H,1H3,(H,18,19,20). The largest absolute Gasteiger partial charge is 0.298 e. The second-order valence-electron chi connectivity index (χ2n) is 4.50. The molecule has 21 heavy (non-hydrogen) atoms. The monoisotopic (exact) mass is 380 g/mol. The van der Waals surface area contributed by atoms with E-state index in [2.05, 4.69) is 26.2 Å². The fourth-order valence-electron chi connectivity index (χ4n) is 1.97. The Morgan fingerprint density at radius 2 is 2.14 bits per heavy atom. The van der Waals surface area contributed by atoms with Crippen molar-refractivity contribution in [3.05, 3.63) is 57.0 Å². The van der Waals surface area contributed by atoms with Crippen molar-refractivity contribution in [1.82, 2.24) is 4.98 Å². The molecule has 6 heteroatoms. The van der Waals surface area contributed by atoms with Crippen LogP contribution in [-0.4, -0.2) is 10.9 Å². The van der Waals surface area contributed by atoms with Gasteiger partial charge in [-0.15, -0.1) is 0 Å². The molecule has 1 amide bonds. The van der Waals surface area contributed by atoms with Crippen molar-refractivity contribution in [2.24, 2.45) is 0 Å². The number of halogens is 2. The lowest BCUT2D eigenvalue weighted by Gasteiger charge is -2.06. The minimum absolute atomic E-state index is 0.168. The maximum Gasteiger partial charge on any atom is 0.257 e. The summed E-state index contributed by atoms with van der Waals surface area (Å²) in [6.45, 7) is 1.90. The van der Waals surface area contributed by atoms with Gasteiger partial charge in [-0.2, -0.15) is 0 Å². The van der Waals surface area contributed by atoms with Crippen LogP contribution in [0.1, 0.15) is 15.9 Å². The minimum atomic E-state index is -0.168. The molecule has 2 aromatic carbocycles. The third kappa shape index (κ3) is 2.95. The van der Waals surface area contributed by atoms with E-state index in [1.54, 1.807) is 12.1 Å². The first-order chi connectivity index (χ1) is 10.0. The molecule has 0 aliphatic heterocycles. The molecule has 3 rings (SSSR count). The van der Waals surface area contributed by atoms with Crippen LogP contribution in [0, 0.1) is 6.92 Å². The lowest BCUT2D eigenvalue weighted by molar-refractivity contribution is 0.102. The summed E-state index contributed by atoms with van der Waals surface area (Å²) in [7, 11) is 0. The summed E-state index contributed by atoms with van der Waals surface area (Å²) < 4.78 is 1.86. The van der Waals surface area contributed by atoms with E-state index in [0.29, 0.717) is 15.7 Å². The van der Waals surface area contributed by atoms with Crippen LogP contribution in [0.2, 0.25) is 5.02 Å². The summed E-state index contributed by atoms with van der Waals surface area (Å²) >= 11 is 10.8. The summed E-state index contributed by atoms with van der Waals surface area (Å²) in [5, 5.41) is 4.07. The average Bonchev–Trinajstić information content (AvgIpc) is 2.83. The number of carbonyl (C=O) groups is 1. The van der Waals surface area contributed by atoms with Gasteiger partial charge in [-0.05, 0) is 42.8 Å². The summed E-state index contributed by atoms with van der Waals surface area (Å²) in [5.41, 5.74) is 2.35. The molecular weight excluding hydrogens is 372 g/mol. The highest BCUT2D eigenvalue weighted by Crippen LogP contribution is 2.29. The van der Waals surface area contributed by atoms with Gasteiger partial charge in [0, 0.05) is 15.1 Å². The fourth-order valence-corrected chi connectivity index (χ4v) is 3.47. The third-order valence-corrected chi connectivity index (χ3v) is 5.11. The first-order valence-corrected chi connectivity index (χ1v) is 8.16. The Hall–Kier alpha value is -1.43. The number of hydrogen-bond acceptors (Lipinski definition) is 3. The number of nitrogens with one attached hydrogen (secondary N) is 1. The number of hydrogen-bond donors (Lipinski definition) is 1. The van der Waals surface area contributed by atoms with Crippen LogP contribution in [0.4, 0.5) is 5.13 Å². The van der Waals surface area contributed by atoms with E-state index in [9.17, 15) is 4.79 Å². The van der Waals surface area contributed by atoms with Crippen LogP contribution >= 0.6 is 38.9 Å². The Kier molecular flexibility index (Phi) is 3.97. The van der Waals surface area contributed by atoms with Gasteiger partial charge in [-0.3, -0.25) is 10.1 Å². The minimum Gasteiger partial charge on any atom is -0.298 e. The normalized spacial score (nSPS) is 10.8. The van der Waals surface area contributed by atoms with Gasteiger partial charge < -0.3 is 0 Å². The number of aromatic nitrogens is 1. The Morgan fingerprint density at radius 1 is 1.33 bits per heavy atom. The molecule has 0 radical (unpaired) electrons. The average molecular weight is 382 g/mol. The van der Waals surface area contributed by atoms with Crippen molar-refractivity contribution >= 4 is 60.1 Å². The zero-order valence-corrected chi connectivity index (χ0v) is 14.1. The third-order valence-electron chi connectivity index (χ3n) is 3.08. The Labute approximate surface area is 139 Å². The number of thiazole rings is 1. The van der Waals surface area contributed by atoms with E-state index in [0.717, 1.165) is 20.3 Å². The van der Waals surface area contributed by atoms with Crippen LogP contribution in [-0.2, 0) is 0 Å². The molecular formula is C15H10BrClN2OS. The molecule has 3 nitrogen and oxygen atoms in total. The molecule has 0 saturated heterocycles.